The maximum absolute atomic E-state index is 9.76. The molecule has 5 heteroatoms. The van der Waals surface area contributed by atoms with Crippen molar-refractivity contribution in [1.29, 1.82) is 0 Å². The van der Waals surface area contributed by atoms with Gasteiger partial charge in [-0.1, -0.05) is 18.2 Å². The number of nitrogens with one attached hydrogen (secondary N) is 1. The van der Waals surface area contributed by atoms with Gasteiger partial charge < -0.3 is 15.2 Å². The van der Waals surface area contributed by atoms with Crippen LogP contribution in [0.4, 0.5) is 0 Å². The summed E-state index contributed by atoms with van der Waals surface area (Å²) in [5.74, 6) is 1.64. The maximum Gasteiger partial charge on any atom is 0.172 e. The topological polar surface area (TPSA) is 41.5 Å². The highest BCUT2D eigenvalue weighted by Crippen LogP contribution is 2.35. The first kappa shape index (κ1) is 16.2. The van der Waals surface area contributed by atoms with Crippen LogP contribution in [0, 0.1) is 0 Å². The highest BCUT2D eigenvalue weighted by molar-refractivity contribution is 9.10. The summed E-state index contributed by atoms with van der Waals surface area (Å²) in [7, 11) is 1.55. The van der Waals surface area contributed by atoms with Crippen molar-refractivity contribution in [1.82, 2.24) is 5.32 Å². The van der Waals surface area contributed by atoms with Crippen LogP contribution >= 0.6 is 27.7 Å². The molecule has 3 nitrogen and oxygen atoms in total. The molecule has 0 fully saturated rings. The third kappa shape index (κ3) is 4.95. The molecule has 0 aliphatic rings. The molecule has 0 aliphatic carbocycles. The van der Waals surface area contributed by atoms with Gasteiger partial charge in [-0.15, -0.1) is 11.8 Å². The molecule has 2 rings (SSSR count). The van der Waals surface area contributed by atoms with Crippen LogP contribution in [0.1, 0.15) is 5.56 Å². The number of thioether (sulfide) groups is 1. The minimum atomic E-state index is 0.140. The molecular weight excluding hydrogens is 350 g/mol. The van der Waals surface area contributed by atoms with Crippen molar-refractivity contribution in [3.05, 3.63) is 52.5 Å². The van der Waals surface area contributed by atoms with E-state index in [0.29, 0.717) is 10.2 Å². The molecule has 0 saturated carbocycles. The monoisotopic (exact) mass is 367 g/mol. The van der Waals surface area contributed by atoms with Crippen molar-refractivity contribution in [3.63, 3.8) is 0 Å². The Balaban J connectivity index is 1.77. The second kappa shape index (κ2) is 8.32. The number of rotatable bonds is 7. The fraction of sp³-hybridized carbons (Fsp3) is 0.250. The summed E-state index contributed by atoms with van der Waals surface area (Å²) >= 11 is 5.16. The van der Waals surface area contributed by atoms with E-state index in [1.165, 1.54) is 4.90 Å². The second-order valence-electron chi connectivity index (χ2n) is 4.47. The lowest BCUT2D eigenvalue weighted by atomic mass is 10.2. The Hall–Kier alpha value is -1.17. The summed E-state index contributed by atoms with van der Waals surface area (Å²) in [6.07, 6.45) is 0. The number of hydrogen-bond acceptors (Lipinski definition) is 4. The predicted octanol–water partition coefficient (Wildman–Crippen LogP) is 4.05. The average Bonchev–Trinajstić information content (AvgIpc) is 2.51. The van der Waals surface area contributed by atoms with Crippen molar-refractivity contribution in [2.75, 3.05) is 19.4 Å². The maximum atomic E-state index is 9.76. The van der Waals surface area contributed by atoms with E-state index in [2.05, 4.69) is 45.5 Å². The lowest BCUT2D eigenvalue weighted by molar-refractivity contribution is 0.371. The lowest BCUT2D eigenvalue weighted by Crippen LogP contribution is -2.16. The van der Waals surface area contributed by atoms with Crippen molar-refractivity contribution < 1.29 is 9.84 Å². The molecule has 0 radical (unpaired) electrons. The smallest absolute Gasteiger partial charge is 0.172 e. The van der Waals surface area contributed by atoms with Crippen molar-refractivity contribution in [3.8, 4) is 11.5 Å². The Bertz CT molecular complexity index is 578. The van der Waals surface area contributed by atoms with Gasteiger partial charge in [-0.2, -0.15) is 0 Å². The van der Waals surface area contributed by atoms with Crippen LogP contribution in [-0.4, -0.2) is 24.5 Å². The second-order valence-corrected chi connectivity index (χ2v) is 6.49. The van der Waals surface area contributed by atoms with E-state index in [0.717, 1.165) is 24.4 Å². The Morgan fingerprint density at radius 3 is 2.71 bits per heavy atom. The number of phenolic OH excluding ortho intramolecular Hbond substituents is 1. The van der Waals surface area contributed by atoms with Crippen LogP contribution in [0.3, 0.4) is 0 Å². The summed E-state index contributed by atoms with van der Waals surface area (Å²) in [6, 6.07) is 14.1. The zero-order valence-electron chi connectivity index (χ0n) is 11.8. The van der Waals surface area contributed by atoms with Gasteiger partial charge in [-0.25, -0.2) is 0 Å². The van der Waals surface area contributed by atoms with Gasteiger partial charge in [0.15, 0.2) is 11.5 Å². The number of methoxy groups -OCH3 is 1. The van der Waals surface area contributed by atoms with Crippen molar-refractivity contribution in [2.24, 2.45) is 0 Å². The van der Waals surface area contributed by atoms with E-state index >= 15 is 0 Å². The molecule has 0 aromatic heterocycles. The van der Waals surface area contributed by atoms with Gasteiger partial charge in [0.05, 0.1) is 11.6 Å². The van der Waals surface area contributed by atoms with Crippen LogP contribution < -0.4 is 10.1 Å². The minimum absolute atomic E-state index is 0.140. The van der Waals surface area contributed by atoms with Gasteiger partial charge in [0.1, 0.15) is 0 Å². The molecule has 0 bridgehead atoms. The number of aromatic hydroxyl groups is 1. The molecule has 2 aromatic carbocycles. The van der Waals surface area contributed by atoms with Gasteiger partial charge in [0.25, 0.3) is 0 Å². The molecule has 2 N–H and O–H groups in total. The fourth-order valence-electron chi connectivity index (χ4n) is 1.88. The Morgan fingerprint density at radius 1 is 1.24 bits per heavy atom. The first-order valence-corrected chi connectivity index (χ1v) is 8.42. The van der Waals surface area contributed by atoms with E-state index in [4.69, 9.17) is 4.74 Å². The Kier molecular flexibility index (Phi) is 6.42. The highest BCUT2D eigenvalue weighted by atomic mass is 79.9. The molecule has 0 aliphatic heterocycles. The SMILES string of the molecule is COc1cc(CNCCSc2ccccc2)cc(Br)c1O. The molecule has 0 atom stereocenters. The molecule has 21 heavy (non-hydrogen) atoms. The molecule has 2 aromatic rings. The van der Waals surface area contributed by atoms with E-state index in [9.17, 15) is 5.11 Å². The van der Waals surface area contributed by atoms with Gasteiger partial charge in [-0.3, -0.25) is 0 Å². The molecule has 0 heterocycles. The average molecular weight is 368 g/mol. The highest BCUT2D eigenvalue weighted by Gasteiger charge is 2.08. The van der Waals surface area contributed by atoms with Crippen LogP contribution in [-0.2, 0) is 6.54 Å². The summed E-state index contributed by atoms with van der Waals surface area (Å²) < 4.78 is 5.79. The first-order valence-electron chi connectivity index (χ1n) is 6.64. The van der Waals surface area contributed by atoms with Gasteiger partial charge in [0, 0.05) is 23.7 Å². The van der Waals surface area contributed by atoms with E-state index in [-0.39, 0.29) is 5.75 Å². The Labute approximate surface area is 137 Å². The third-order valence-corrected chi connectivity index (χ3v) is 4.55. The largest absolute Gasteiger partial charge is 0.503 e. The normalized spacial score (nSPS) is 10.6. The van der Waals surface area contributed by atoms with E-state index < -0.39 is 0 Å². The minimum Gasteiger partial charge on any atom is -0.503 e. The summed E-state index contributed by atoms with van der Waals surface area (Å²) in [5, 5.41) is 13.2. The van der Waals surface area contributed by atoms with Gasteiger partial charge >= 0.3 is 0 Å². The number of halogens is 1. The lowest BCUT2D eigenvalue weighted by Gasteiger charge is -2.10. The molecule has 0 spiro atoms. The fourth-order valence-corrected chi connectivity index (χ4v) is 3.20. The number of phenols is 1. The van der Waals surface area contributed by atoms with E-state index in [1.807, 2.05) is 30.0 Å². The van der Waals surface area contributed by atoms with Crippen molar-refractivity contribution >= 4 is 27.7 Å². The van der Waals surface area contributed by atoms with Crippen LogP contribution in [0.25, 0.3) is 0 Å². The molecule has 112 valence electrons. The standard InChI is InChI=1S/C16H18BrNO2S/c1-20-15-10-12(9-14(17)16(15)19)11-18-7-8-21-13-5-3-2-4-6-13/h2-6,9-10,18-19H,7-8,11H2,1H3. The number of benzene rings is 2. The third-order valence-electron chi connectivity index (χ3n) is 2.93. The first-order chi connectivity index (χ1) is 10.2. The quantitative estimate of drug-likeness (QED) is 0.572. The van der Waals surface area contributed by atoms with Gasteiger partial charge in [0.2, 0.25) is 0 Å². The molecular formula is C16H18BrNO2S. The molecule has 0 unspecified atom stereocenters. The number of hydrogen-bond donors (Lipinski definition) is 2. The molecule has 0 amide bonds. The van der Waals surface area contributed by atoms with Crippen LogP contribution in [0.15, 0.2) is 51.8 Å². The summed E-state index contributed by atoms with van der Waals surface area (Å²) in [6.45, 7) is 1.66. The van der Waals surface area contributed by atoms with Crippen LogP contribution in [0.2, 0.25) is 0 Å². The molecule has 0 saturated heterocycles. The van der Waals surface area contributed by atoms with Crippen molar-refractivity contribution in [2.45, 2.75) is 11.4 Å². The summed E-state index contributed by atoms with van der Waals surface area (Å²) in [5.41, 5.74) is 1.07. The van der Waals surface area contributed by atoms with Gasteiger partial charge in [-0.05, 0) is 45.8 Å². The zero-order valence-corrected chi connectivity index (χ0v) is 14.2. The predicted molar refractivity (Wildman–Crippen MR) is 91.2 cm³/mol. The summed E-state index contributed by atoms with van der Waals surface area (Å²) in [4.78, 5) is 1.29. The zero-order chi connectivity index (χ0) is 15.1. The Morgan fingerprint density at radius 2 is 2.00 bits per heavy atom. The van der Waals surface area contributed by atoms with E-state index in [1.54, 1.807) is 7.11 Å². The number of ether oxygens (including phenoxy) is 1. The van der Waals surface area contributed by atoms with Crippen LogP contribution in [0.5, 0.6) is 11.5 Å².